The molecule has 0 aliphatic rings. The van der Waals surface area contributed by atoms with Crippen LogP contribution in [0.2, 0.25) is 0 Å². The van der Waals surface area contributed by atoms with Crippen LogP contribution >= 0.6 is 0 Å². The molecule has 2 aromatic carbocycles. The Morgan fingerprint density at radius 3 is 1.71 bits per heavy atom. The van der Waals surface area contributed by atoms with Gasteiger partial charge >= 0.3 is 0 Å². The fourth-order valence-electron chi connectivity index (χ4n) is 3.94. The first kappa shape index (κ1) is 20.9. The summed E-state index contributed by atoms with van der Waals surface area (Å²) in [5.41, 5.74) is 2.41. The van der Waals surface area contributed by atoms with E-state index in [4.69, 9.17) is 0 Å². The molecule has 152 valence electrons. The minimum absolute atomic E-state index is 0.376. The molecule has 0 bridgehead atoms. The van der Waals surface area contributed by atoms with E-state index in [-0.39, 0.29) is 6.10 Å². The van der Waals surface area contributed by atoms with Crippen LogP contribution in [0.4, 0.5) is 0 Å². The molecule has 0 spiro atoms. The molecule has 0 radical (unpaired) electrons. The van der Waals surface area contributed by atoms with E-state index in [1.54, 1.807) is 0 Å². The largest absolute Gasteiger partial charge is 0.390 e. The van der Waals surface area contributed by atoms with E-state index >= 15 is 0 Å². The lowest BCUT2D eigenvalue weighted by molar-refractivity contribution is 0.0947. The molecule has 0 fully saturated rings. The molecule has 0 saturated carbocycles. The van der Waals surface area contributed by atoms with Crippen molar-refractivity contribution in [2.45, 2.75) is 53.2 Å². The van der Waals surface area contributed by atoms with Crippen LogP contribution in [0.5, 0.6) is 0 Å². The van der Waals surface area contributed by atoms with Gasteiger partial charge in [0.2, 0.25) is 0 Å². The van der Waals surface area contributed by atoms with Crippen LogP contribution in [-0.2, 0) is 6.54 Å². The number of rotatable bonds is 10. The van der Waals surface area contributed by atoms with E-state index in [0.29, 0.717) is 18.4 Å². The Labute approximate surface area is 170 Å². The van der Waals surface area contributed by atoms with Gasteiger partial charge in [0.05, 0.1) is 12.6 Å². The van der Waals surface area contributed by atoms with Gasteiger partial charge in [-0.2, -0.15) is 0 Å². The maximum Gasteiger partial charge on any atom is 0.0845 e. The van der Waals surface area contributed by atoms with Crippen LogP contribution in [0.1, 0.15) is 40.5 Å². The third kappa shape index (κ3) is 5.15. The molecule has 0 unspecified atom stereocenters. The topological polar surface area (TPSA) is 28.4 Å². The van der Waals surface area contributed by atoms with E-state index in [9.17, 15) is 5.11 Å². The van der Waals surface area contributed by atoms with Crippen molar-refractivity contribution in [1.82, 2.24) is 9.47 Å². The summed E-state index contributed by atoms with van der Waals surface area (Å²) >= 11 is 0. The lowest BCUT2D eigenvalue weighted by atomic mass is 10.1. The highest BCUT2D eigenvalue weighted by molar-refractivity contribution is 6.07. The highest BCUT2D eigenvalue weighted by atomic mass is 16.3. The van der Waals surface area contributed by atoms with Gasteiger partial charge in [-0.15, -0.1) is 0 Å². The molecule has 3 aromatic rings. The monoisotopic (exact) mass is 380 g/mol. The van der Waals surface area contributed by atoms with Gasteiger partial charge in [-0.3, -0.25) is 0 Å². The number of aliphatic hydroxyl groups is 1. The van der Waals surface area contributed by atoms with Crippen LogP contribution in [0.15, 0.2) is 48.5 Å². The fourth-order valence-corrected chi connectivity index (χ4v) is 3.94. The lowest BCUT2D eigenvalue weighted by Crippen LogP contribution is -2.37. The van der Waals surface area contributed by atoms with Crippen molar-refractivity contribution in [3.8, 4) is 0 Å². The molecular weight excluding hydrogens is 344 g/mol. The molecule has 0 aliphatic carbocycles. The summed E-state index contributed by atoms with van der Waals surface area (Å²) in [6, 6.07) is 17.0. The molecule has 0 amide bonds. The number of nitrogens with zero attached hydrogens (tertiary/aromatic N) is 2. The molecule has 1 heterocycles. The zero-order chi connectivity index (χ0) is 20.1. The smallest absolute Gasteiger partial charge is 0.0845 e. The van der Waals surface area contributed by atoms with E-state index < -0.39 is 0 Å². The standard InChI is InChI=1S/C25H36N2O/c1-19(2)13-15-26(16-14-20(3)4)17-21(28)18-27-24-11-7-5-9-22(24)23-10-6-8-12-25(23)27/h5-12,19-21,28H,13-18H2,1-4H3/t21-/m0/s1. The van der Waals surface area contributed by atoms with E-state index in [2.05, 4.69) is 85.7 Å². The molecule has 1 N–H and O–H groups in total. The van der Waals surface area contributed by atoms with Crippen LogP contribution in [0.25, 0.3) is 21.8 Å². The van der Waals surface area contributed by atoms with Gasteiger partial charge in [-0.1, -0.05) is 64.1 Å². The minimum atomic E-state index is -0.376. The second-order valence-corrected chi connectivity index (χ2v) is 8.96. The Balaban J connectivity index is 1.77. The van der Waals surface area contributed by atoms with Crippen molar-refractivity contribution >= 4 is 21.8 Å². The van der Waals surface area contributed by atoms with Gasteiger partial charge in [0, 0.05) is 28.4 Å². The van der Waals surface area contributed by atoms with Crippen molar-refractivity contribution in [1.29, 1.82) is 0 Å². The van der Waals surface area contributed by atoms with Crippen LogP contribution in [0.3, 0.4) is 0 Å². The van der Waals surface area contributed by atoms with Gasteiger partial charge in [-0.05, 0) is 49.9 Å². The Morgan fingerprint density at radius 2 is 1.25 bits per heavy atom. The molecule has 1 aromatic heterocycles. The Hall–Kier alpha value is -1.84. The zero-order valence-electron chi connectivity index (χ0n) is 17.9. The lowest BCUT2D eigenvalue weighted by Gasteiger charge is -2.27. The fraction of sp³-hybridized carbons (Fsp3) is 0.520. The first-order valence-electron chi connectivity index (χ1n) is 10.8. The van der Waals surface area contributed by atoms with Crippen molar-refractivity contribution in [2.75, 3.05) is 19.6 Å². The third-order valence-corrected chi connectivity index (χ3v) is 5.59. The molecule has 3 nitrogen and oxygen atoms in total. The summed E-state index contributed by atoms with van der Waals surface area (Å²) in [5.74, 6) is 1.38. The van der Waals surface area contributed by atoms with Gasteiger partial charge in [-0.25, -0.2) is 0 Å². The summed E-state index contributed by atoms with van der Waals surface area (Å²) in [6.45, 7) is 12.6. The predicted molar refractivity (Wildman–Crippen MR) is 121 cm³/mol. The molecule has 28 heavy (non-hydrogen) atoms. The quantitative estimate of drug-likeness (QED) is 0.499. The maximum absolute atomic E-state index is 11.0. The van der Waals surface area contributed by atoms with Crippen LogP contribution in [-0.4, -0.2) is 40.3 Å². The van der Waals surface area contributed by atoms with Crippen LogP contribution < -0.4 is 0 Å². The zero-order valence-corrected chi connectivity index (χ0v) is 17.9. The second kappa shape index (κ2) is 9.58. The Kier molecular flexibility index (Phi) is 7.14. The molecule has 0 saturated heterocycles. The highest BCUT2D eigenvalue weighted by Crippen LogP contribution is 2.28. The van der Waals surface area contributed by atoms with Gasteiger partial charge in [0.1, 0.15) is 0 Å². The Bertz CT molecular complexity index is 815. The summed E-state index contributed by atoms with van der Waals surface area (Å²) in [4.78, 5) is 2.46. The van der Waals surface area contributed by atoms with E-state index in [1.165, 1.54) is 34.6 Å². The number of para-hydroxylation sites is 2. The molecular formula is C25H36N2O. The number of aliphatic hydroxyl groups excluding tert-OH is 1. The minimum Gasteiger partial charge on any atom is -0.390 e. The average Bonchev–Trinajstić information content (AvgIpc) is 2.98. The SMILES string of the molecule is CC(C)CCN(CCC(C)C)C[C@H](O)Cn1c2ccccc2c2ccccc21. The summed E-state index contributed by atoms with van der Waals surface area (Å²) in [5, 5.41) is 13.5. The maximum atomic E-state index is 11.0. The van der Waals surface area contributed by atoms with Gasteiger partial charge < -0.3 is 14.6 Å². The summed E-state index contributed by atoms with van der Waals surface area (Å²) in [7, 11) is 0. The number of benzene rings is 2. The normalized spacial score (nSPS) is 13.4. The van der Waals surface area contributed by atoms with E-state index in [1.807, 2.05) is 0 Å². The highest BCUT2D eigenvalue weighted by Gasteiger charge is 2.16. The number of aromatic nitrogens is 1. The van der Waals surface area contributed by atoms with Gasteiger partial charge in [0.15, 0.2) is 0 Å². The van der Waals surface area contributed by atoms with Gasteiger partial charge in [0.25, 0.3) is 0 Å². The Morgan fingerprint density at radius 1 is 0.786 bits per heavy atom. The number of fused-ring (bicyclic) bond motifs is 3. The van der Waals surface area contributed by atoms with Crippen molar-refractivity contribution in [2.24, 2.45) is 11.8 Å². The van der Waals surface area contributed by atoms with Crippen molar-refractivity contribution in [3.05, 3.63) is 48.5 Å². The van der Waals surface area contributed by atoms with E-state index in [0.717, 1.165) is 19.6 Å². The second-order valence-electron chi connectivity index (χ2n) is 8.96. The van der Waals surface area contributed by atoms with Crippen molar-refractivity contribution < 1.29 is 5.11 Å². The van der Waals surface area contributed by atoms with Crippen molar-refractivity contribution in [3.63, 3.8) is 0 Å². The molecule has 1 atom stereocenters. The molecule has 0 aliphatic heterocycles. The average molecular weight is 381 g/mol. The first-order valence-corrected chi connectivity index (χ1v) is 10.8. The molecule has 3 heteroatoms. The number of hydrogen-bond acceptors (Lipinski definition) is 2. The predicted octanol–water partition coefficient (Wildman–Crippen LogP) is 5.55. The summed E-state index contributed by atoms with van der Waals surface area (Å²) < 4.78 is 2.29. The van der Waals surface area contributed by atoms with Crippen LogP contribution in [0, 0.1) is 11.8 Å². The first-order chi connectivity index (χ1) is 13.5. The third-order valence-electron chi connectivity index (χ3n) is 5.59. The molecule has 3 rings (SSSR count). The number of hydrogen-bond donors (Lipinski definition) is 1. The summed E-state index contributed by atoms with van der Waals surface area (Å²) in [6.07, 6.45) is 1.99.